The Morgan fingerprint density at radius 2 is 1.84 bits per heavy atom. The van der Waals surface area contributed by atoms with Gasteiger partial charge in [-0.2, -0.15) is 0 Å². The summed E-state index contributed by atoms with van der Waals surface area (Å²) in [5, 5.41) is 21.2. The highest BCUT2D eigenvalue weighted by molar-refractivity contribution is 7.15. The normalized spacial score (nSPS) is 17.0. The third-order valence-corrected chi connectivity index (χ3v) is 6.72. The summed E-state index contributed by atoms with van der Waals surface area (Å²) in [6, 6.07) is 7.29. The van der Waals surface area contributed by atoms with Crippen molar-refractivity contribution >= 4 is 28.6 Å². The molecule has 2 unspecified atom stereocenters. The smallest absolute Gasteiger partial charge is 0.163 e. The predicted molar refractivity (Wildman–Crippen MR) is 125 cm³/mol. The van der Waals surface area contributed by atoms with E-state index in [1.54, 1.807) is 11.3 Å². The van der Waals surface area contributed by atoms with E-state index in [0.717, 1.165) is 27.7 Å². The monoisotopic (exact) mass is 458 g/mol. The Balaban J connectivity index is 1.90. The van der Waals surface area contributed by atoms with Gasteiger partial charge in [0.15, 0.2) is 12.1 Å². The number of benzene rings is 1. The summed E-state index contributed by atoms with van der Waals surface area (Å²) < 4.78 is 7.85. The molecule has 8 heteroatoms. The van der Waals surface area contributed by atoms with Crippen molar-refractivity contribution in [3.63, 3.8) is 0 Å². The fourth-order valence-corrected chi connectivity index (χ4v) is 5.14. The summed E-state index contributed by atoms with van der Waals surface area (Å²) in [4.78, 5) is 6.35. The summed E-state index contributed by atoms with van der Waals surface area (Å²) >= 11 is 7.85. The van der Waals surface area contributed by atoms with Crippen molar-refractivity contribution in [3.05, 3.63) is 62.5 Å². The molecule has 0 saturated heterocycles. The van der Waals surface area contributed by atoms with Gasteiger partial charge in [-0.1, -0.05) is 23.7 Å². The first-order valence-corrected chi connectivity index (χ1v) is 11.5. The van der Waals surface area contributed by atoms with Crippen LogP contribution in [0.5, 0.6) is 0 Å². The minimum absolute atomic E-state index is 0.277. The molecule has 0 bridgehead atoms. The number of aromatic nitrogens is 3. The number of aliphatic imine (C=N–C) groups is 1. The molecular weight excluding hydrogens is 432 g/mol. The summed E-state index contributed by atoms with van der Waals surface area (Å²) in [5.41, 5.74) is 3.62. The molecule has 0 aliphatic carbocycles. The summed E-state index contributed by atoms with van der Waals surface area (Å²) in [7, 11) is 0. The molecule has 3 heterocycles. The van der Waals surface area contributed by atoms with Crippen LogP contribution in [-0.4, -0.2) is 37.5 Å². The van der Waals surface area contributed by atoms with Crippen molar-refractivity contribution in [1.29, 1.82) is 0 Å². The van der Waals surface area contributed by atoms with Gasteiger partial charge in [-0.05, 0) is 59.2 Å². The Bertz CT molecular complexity index is 1140. The van der Waals surface area contributed by atoms with Gasteiger partial charge < -0.3 is 9.84 Å². The van der Waals surface area contributed by atoms with Crippen molar-refractivity contribution < 1.29 is 9.84 Å². The van der Waals surface area contributed by atoms with Crippen LogP contribution >= 0.6 is 22.9 Å². The predicted octanol–water partition coefficient (Wildman–Crippen LogP) is 5.32. The van der Waals surface area contributed by atoms with Gasteiger partial charge in [0.25, 0.3) is 0 Å². The SMILES string of the molecule is Cc1sc2c(c1C)C(c1ccc(Cl)cc1)=NC(CC(O)OC(C)(C)C)c1nnc(C)n1-2. The van der Waals surface area contributed by atoms with E-state index in [2.05, 4.69) is 28.6 Å². The molecule has 0 fully saturated rings. The van der Waals surface area contributed by atoms with Crippen LogP contribution in [0.2, 0.25) is 5.02 Å². The van der Waals surface area contributed by atoms with E-state index in [9.17, 15) is 5.11 Å². The molecule has 0 amide bonds. The Hall–Kier alpha value is -2.06. The van der Waals surface area contributed by atoms with E-state index < -0.39 is 17.9 Å². The maximum Gasteiger partial charge on any atom is 0.163 e. The van der Waals surface area contributed by atoms with Gasteiger partial charge in [0.05, 0.1) is 11.3 Å². The molecule has 0 spiro atoms. The molecule has 3 aromatic rings. The molecule has 0 radical (unpaired) electrons. The highest BCUT2D eigenvalue weighted by Gasteiger charge is 2.33. The standard InChI is InChI=1S/C23H27ClN4O2S/c1-12-13(2)31-22-19(12)20(15-7-9-16(24)10-8-15)25-17(11-18(29)30-23(4,5)6)21-27-26-14(3)28(21)22/h7-10,17-18,29H,11H2,1-6H3. The van der Waals surface area contributed by atoms with Gasteiger partial charge in [0.1, 0.15) is 16.9 Å². The molecule has 2 aromatic heterocycles. The van der Waals surface area contributed by atoms with Crippen LogP contribution in [-0.2, 0) is 4.74 Å². The van der Waals surface area contributed by atoms with Gasteiger partial charge in [0.2, 0.25) is 0 Å². The van der Waals surface area contributed by atoms with E-state index in [0.29, 0.717) is 10.8 Å². The second kappa shape index (κ2) is 8.13. The van der Waals surface area contributed by atoms with E-state index in [1.807, 2.05) is 52.0 Å². The minimum Gasteiger partial charge on any atom is -0.368 e. The third-order valence-electron chi connectivity index (χ3n) is 5.27. The lowest BCUT2D eigenvalue weighted by Crippen LogP contribution is -2.28. The Labute approximate surface area is 191 Å². The first-order chi connectivity index (χ1) is 14.5. The van der Waals surface area contributed by atoms with Crippen molar-refractivity contribution in [1.82, 2.24) is 14.8 Å². The quantitative estimate of drug-likeness (QED) is 0.537. The van der Waals surface area contributed by atoms with Crippen LogP contribution in [0.1, 0.15) is 66.5 Å². The van der Waals surface area contributed by atoms with E-state index in [-0.39, 0.29) is 6.42 Å². The minimum atomic E-state index is -0.982. The number of aliphatic hydroxyl groups is 1. The zero-order valence-electron chi connectivity index (χ0n) is 18.6. The number of thiophene rings is 1. The number of halogens is 1. The van der Waals surface area contributed by atoms with Gasteiger partial charge in [-0.3, -0.25) is 9.56 Å². The highest BCUT2D eigenvalue weighted by atomic mass is 35.5. The van der Waals surface area contributed by atoms with Gasteiger partial charge in [0, 0.05) is 27.4 Å². The molecular formula is C23H27ClN4O2S. The number of hydrogen-bond acceptors (Lipinski definition) is 6. The van der Waals surface area contributed by atoms with E-state index in [4.69, 9.17) is 21.3 Å². The zero-order chi connectivity index (χ0) is 22.5. The molecule has 1 aliphatic heterocycles. The van der Waals surface area contributed by atoms with Crippen LogP contribution < -0.4 is 0 Å². The second-order valence-corrected chi connectivity index (χ2v) is 10.5. The van der Waals surface area contributed by atoms with Crippen molar-refractivity contribution in [2.45, 2.75) is 65.9 Å². The first kappa shape index (κ1) is 22.1. The number of aliphatic hydroxyl groups excluding tert-OH is 1. The van der Waals surface area contributed by atoms with Crippen molar-refractivity contribution in [2.24, 2.45) is 4.99 Å². The molecule has 0 saturated carbocycles. The number of nitrogens with zero attached hydrogens (tertiary/aromatic N) is 4. The average molecular weight is 459 g/mol. The first-order valence-electron chi connectivity index (χ1n) is 10.3. The topological polar surface area (TPSA) is 72.5 Å². The lowest BCUT2D eigenvalue weighted by atomic mass is 9.99. The van der Waals surface area contributed by atoms with Crippen LogP contribution in [0.25, 0.3) is 5.00 Å². The summed E-state index contributed by atoms with van der Waals surface area (Å²) in [6.45, 7) is 11.9. The third kappa shape index (κ3) is 4.32. The highest BCUT2D eigenvalue weighted by Crippen LogP contribution is 2.40. The lowest BCUT2D eigenvalue weighted by molar-refractivity contribution is -0.170. The molecule has 164 valence electrons. The number of rotatable bonds is 4. The van der Waals surface area contributed by atoms with E-state index >= 15 is 0 Å². The molecule has 2 atom stereocenters. The molecule has 1 aromatic carbocycles. The zero-order valence-corrected chi connectivity index (χ0v) is 20.2. The van der Waals surface area contributed by atoms with Crippen molar-refractivity contribution in [2.75, 3.05) is 0 Å². The van der Waals surface area contributed by atoms with Crippen molar-refractivity contribution in [3.8, 4) is 5.00 Å². The maximum atomic E-state index is 10.7. The fraction of sp³-hybridized carbons (Fsp3) is 0.435. The molecule has 4 rings (SSSR count). The number of aryl methyl sites for hydroxylation is 2. The van der Waals surface area contributed by atoms with Crippen LogP contribution in [0.15, 0.2) is 29.3 Å². The van der Waals surface area contributed by atoms with E-state index in [1.165, 1.54) is 10.4 Å². The molecule has 1 N–H and O–H groups in total. The maximum absolute atomic E-state index is 10.7. The van der Waals surface area contributed by atoms with Crippen LogP contribution in [0, 0.1) is 20.8 Å². The molecule has 31 heavy (non-hydrogen) atoms. The fourth-order valence-electron chi connectivity index (χ4n) is 3.80. The summed E-state index contributed by atoms with van der Waals surface area (Å²) in [5.74, 6) is 1.50. The number of hydrogen-bond donors (Lipinski definition) is 1. The van der Waals surface area contributed by atoms with Crippen LogP contribution in [0.3, 0.4) is 0 Å². The Morgan fingerprint density at radius 3 is 2.48 bits per heavy atom. The van der Waals surface area contributed by atoms with Crippen LogP contribution in [0.4, 0.5) is 0 Å². The second-order valence-electron chi connectivity index (χ2n) is 8.83. The van der Waals surface area contributed by atoms with Gasteiger partial charge in [-0.15, -0.1) is 21.5 Å². The number of ether oxygens (including phenoxy) is 1. The Kier molecular flexibility index (Phi) is 5.81. The summed E-state index contributed by atoms with van der Waals surface area (Å²) in [6.07, 6.45) is -0.705. The number of fused-ring (bicyclic) bond motifs is 3. The molecule has 1 aliphatic rings. The van der Waals surface area contributed by atoms with Gasteiger partial charge in [-0.25, -0.2) is 0 Å². The van der Waals surface area contributed by atoms with Gasteiger partial charge >= 0.3 is 0 Å². The Morgan fingerprint density at radius 1 is 1.16 bits per heavy atom. The lowest BCUT2D eigenvalue weighted by Gasteiger charge is -2.25. The molecule has 6 nitrogen and oxygen atoms in total. The largest absolute Gasteiger partial charge is 0.368 e. The average Bonchev–Trinajstić information content (AvgIpc) is 3.14.